The summed E-state index contributed by atoms with van der Waals surface area (Å²) in [5.74, 6) is -14.4. The number of hydrogen-bond donors (Lipinski definition) is 15. The maximum atomic E-state index is 14.2. The van der Waals surface area contributed by atoms with Crippen molar-refractivity contribution in [1.29, 1.82) is 0 Å². The van der Waals surface area contributed by atoms with E-state index in [2.05, 4.69) is 47.9 Å². The summed E-state index contributed by atoms with van der Waals surface area (Å²) in [6.45, 7) is 13.6. The zero-order valence-electron chi connectivity index (χ0n) is 47.2. The Morgan fingerprint density at radius 3 is 1.54 bits per heavy atom. The van der Waals surface area contributed by atoms with Crippen molar-refractivity contribution in [1.82, 2.24) is 58.1 Å². The van der Waals surface area contributed by atoms with Crippen LogP contribution >= 0.6 is 0 Å². The Kier molecular flexibility index (Phi) is 31.0. The monoisotopic (exact) mass is 1140 g/mol. The zero-order valence-corrected chi connectivity index (χ0v) is 47.2. The summed E-state index contributed by atoms with van der Waals surface area (Å²) in [5, 5.41) is 43.3. The van der Waals surface area contributed by atoms with Crippen LogP contribution in [-0.4, -0.2) is 185 Å². The molecule has 9 atom stereocenters. The molecule has 0 unspecified atom stereocenters. The number of carboxylic acid groups (broad SMARTS) is 2. The van der Waals surface area contributed by atoms with Crippen molar-refractivity contribution in [3.05, 3.63) is 0 Å². The maximum Gasteiger partial charge on any atom is 0.326 e. The van der Waals surface area contributed by atoms with Crippen LogP contribution in [0.2, 0.25) is 0 Å². The first-order valence-electron chi connectivity index (χ1n) is 26.7. The molecule has 18 N–H and O–H groups in total. The topological polar surface area (TPSA) is 481 Å². The van der Waals surface area contributed by atoms with Gasteiger partial charge < -0.3 is 85.5 Å². The lowest BCUT2D eigenvalue weighted by molar-refractivity contribution is -0.147. The second-order valence-electron chi connectivity index (χ2n) is 21.0. The van der Waals surface area contributed by atoms with Gasteiger partial charge in [0, 0.05) is 13.0 Å². The Labute approximate surface area is 465 Å². The second-order valence-corrected chi connectivity index (χ2v) is 21.0. The fourth-order valence-electron chi connectivity index (χ4n) is 8.20. The number of aliphatic carboxylic acids is 2. The molecule has 0 radical (unpaired) electrons. The molecule has 1 fully saturated rings. The highest BCUT2D eigenvalue weighted by atomic mass is 16.4. The summed E-state index contributed by atoms with van der Waals surface area (Å²) < 4.78 is 0. The number of amides is 12. The van der Waals surface area contributed by atoms with E-state index in [-0.39, 0.29) is 51.2 Å². The van der Waals surface area contributed by atoms with Gasteiger partial charge in [-0.1, -0.05) is 55.4 Å². The van der Waals surface area contributed by atoms with E-state index in [1.165, 1.54) is 11.8 Å². The molecule has 0 aliphatic carbocycles. The second kappa shape index (κ2) is 35.2. The molecule has 80 heavy (non-hydrogen) atoms. The van der Waals surface area contributed by atoms with Crippen LogP contribution in [0.25, 0.3) is 0 Å². The van der Waals surface area contributed by atoms with Gasteiger partial charge in [-0.15, -0.1) is 0 Å². The summed E-state index contributed by atoms with van der Waals surface area (Å²) in [6, 6.07) is -11.9. The van der Waals surface area contributed by atoms with Crippen LogP contribution in [0, 0.1) is 23.7 Å². The lowest BCUT2D eigenvalue weighted by Crippen LogP contribution is -2.61. The molecule has 1 aliphatic heterocycles. The molecule has 1 aliphatic rings. The van der Waals surface area contributed by atoms with Crippen LogP contribution in [0.3, 0.4) is 0 Å². The molecule has 0 bridgehead atoms. The van der Waals surface area contributed by atoms with Crippen LogP contribution in [0.15, 0.2) is 0 Å². The van der Waals surface area contributed by atoms with Crippen LogP contribution in [0.1, 0.15) is 120 Å². The number of unbranched alkanes of at least 4 members (excludes halogenated alkanes) is 1. The number of hydrogen-bond acceptors (Lipinski definition) is 16. The van der Waals surface area contributed by atoms with Crippen LogP contribution in [-0.2, 0) is 67.1 Å². The lowest BCUT2D eigenvalue weighted by atomic mass is 9.98. The molecule has 1 saturated heterocycles. The van der Waals surface area contributed by atoms with E-state index in [0.717, 1.165) is 0 Å². The van der Waals surface area contributed by atoms with Crippen molar-refractivity contribution in [2.45, 2.75) is 174 Å². The molecule has 0 aromatic heterocycles. The molecule has 30 heteroatoms. The Balaban J connectivity index is 3.23. The molecule has 0 aromatic carbocycles. The Morgan fingerprint density at radius 2 is 1.04 bits per heavy atom. The number of rotatable bonds is 36. The third-order valence-corrected chi connectivity index (χ3v) is 12.6. The van der Waals surface area contributed by atoms with Crippen LogP contribution < -0.4 is 70.4 Å². The quantitative estimate of drug-likeness (QED) is 0.0261. The first kappa shape index (κ1) is 70.5. The Hall–Kier alpha value is -7.50. The van der Waals surface area contributed by atoms with E-state index >= 15 is 0 Å². The summed E-state index contributed by atoms with van der Waals surface area (Å²) >= 11 is 0. The first-order chi connectivity index (χ1) is 37.3. The van der Waals surface area contributed by atoms with Gasteiger partial charge in [0.15, 0.2) is 0 Å². The molecule has 30 nitrogen and oxygen atoms in total. The van der Waals surface area contributed by atoms with E-state index in [9.17, 15) is 72.2 Å². The van der Waals surface area contributed by atoms with Crippen molar-refractivity contribution in [3.63, 3.8) is 0 Å². The maximum absolute atomic E-state index is 14.2. The molecule has 0 saturated carbocycles. The average molecular weight is 1140 g/mol. The van der Waals surface area contributed by atoms with Crippen molar-refractivity contribution >= 4 is 82.8 Å². The fourth-order valence-corrected chi connectivity index (χ4v) is 8.20. The number of carbonyl (C=O) groups is 14. The number of nitrogens with two attached hydrogens (primary N) is 3. The summed E-state index contributed by atoms with van der Waals surface area (Å²) in [5.41, 5.74) is 16.2. The van der Waals surface area contributed by atoms with Gasteiger partial charge in [-0.05, 0) is 82.1 Å². The van der Waals surface area contributed by atoms with E-state index in [1.807, 2.05) is 5.32 Å². The number of carbonyl (C=O) groups excluding carboxylic acids is 12. The van der Waals surface area contributed by atoms with Gasteiger partial charge in [0.05, 0.1) is 26.1 Å². The number of primary amides is 1. The van der Waals surface area contributed by atoms with E-state index in [1.54, 1.807) is 55.4 Å². The lowest BCUT2D eigenvalue weighted by Gasteiger charge is -2.32. The number of carboxylic acids is 2. The highest BCUT2D eigenvalue weighted by molar-refractivity contribution is 5.99. The Bertz CT molecular complexity index is 2210. The third kappa shape index (κ3) is 25.1. The predicted molar refractivity (Wildman–Crippen MR) is 286 cm³/mol. The fraction of sp³-hybridized carbons (Fsp3) is 0.720. The molecule has 12 amide bonds. The van der Waals surface area contributed by atoms with Gasteiger partial charge in [-0.25, -0.2) is 4.79 Å². The van der Waals surface area contributed by atoms with Crippen LogP contribution in [0.5, 0.6) is 0 Å². The third-order valence-electron chi connectivity index (χ3n) is 12.6. The molecule has 1 heterocycles. The molecule has 452 valence electrons. The minimum atomic E-state index is -1.90. The van der Waals surface area contributed by atoms with Gasteiger partial charge in [-0.3, -0.25) is 62.3 Å². The minimum Gasteiger partial charge on any atom is -0.481 e. The highest BCUT2D eigenvalue weighted by Gasteiger charge is 2.41. The van der Waals surface area contributed by atoms with Gasteiger partial charge in [-0.2, -0.15) is 0 Å². The zero-order chi connectivity index (χ0) is 61.1. The number of nitrogens with zero attached hydrogens (tertiary/aromatic N) is 1. The molecular formula is C50H86N14O16. The minimum absolute atomic E-state index is 0.0407. The molecule has 1 rings (SSSR count). The average Bonchev–Trinajstić information content (AvgIpc) is 3.88. The van der Waals surface area contributed by atoms with Crippen LogP contribution in [0.4, 0.5) is 0 Å². The standard InChI is InChI=1S/C50H86N14O16/c1-24(2)19-31(45(74)63-40(26(5)6)48(77)58-29(13-10-11-17-51)43(72)57-30(15-16-34(53)65)44(73)60-32(50(79)80)20-38(69)70)59-46(75)33-14-12-18-64(33)49(78)41(27(7)8)62-37(68)23-55-47(76)39(25(3)4)61-36(67)22-54-42(71)28(9)56-35(66)21-52/h24-33,39-41H,10-23,51-52H2,1-9H3,(H2,53,65)(H,54,71)(H,55,76)(H,56,66)(H,57,72)(H,58,77)(H,59,75)(H,60,73)(H,61,67)(H,62,68)(H,63,74)(H,69,70)(H,79,80)/t28-,29-,30-,31-,32-,33-,39-,40-,41-/m0/s1. The van der Waals surface area contributed by atoms with Crippen molar-refractivity contribution in [2.24, 2.45) is 40.9 Å². The summed E-state index contributed by atoms with van der Waals surface area (Å²) in [4.78, 5) is 182. The molecule has 0 aromatic rings. The van der Waals surface area contributed by atoms with Gasteiger partial charge in [0.1, 0.15) is 54.4 Å². The highest BCUT2D eigenvalue weighted by Crippen LogP contribution is 2.22. The molecular weight excluding hydrogens is 1050 g/mol. The van der Waals surface area contributed by atoms with Gasteiger partial charge in [0.25, 0.3) is 0 Å². The van der Waals surface area contributed by atoms with E-state index < -0.39 is 187 Å². The SMILES string of the molecule is CC(C)C[C@H](NC(=O)[C@@H]1CCCN1C(=O)[C@@H](NC(=O)CNC(=O)[C@@H](NC(=O)CNC(=O)[C@H](C)NC(=O)CN)C(C)C)C(C)C)C(=O)N[C@H](C(=O)N[C@@H](CCCCN)C(=O)N[C@@H](CCC(N)=O)C(=O)N[C@@H](CC(=O)O)C(=O)O)C(C)C. The van der Waals surface area contributed by atoms with E-state index in [0.29, 0.717) is 12.8 Å². The molecule has 0 spiro atoms. The summed E-state index contributed by atoms with van der Waals surface area (Å²) in [6.07, 6.45) is -0.600. The van der Waals surface area contributed by atoms with Crippen molar-refractivity contribution < 1.29 is 77.3 Å². The normalized spacial score (nSPS) is 16.1. The van der Waals surface area contributed by atoms with E-state index in [4.69, 9.17) is 22.3 Å². The number of likely N-dealkylation sites (tertiary alicyclic amines) is 1. The first-order valence-corrected chi connectivity index (χ1v) is 26.7. The largest absolute Gasteiger partial charge is 0.481 e. The Morgan fingerprint density at radius 1 is 0.537 bits per heavy atom. The van der Waals surface area contributed by atoms with Gasteiger partial charge in [0.2, 0.25) is 70.9 Å². The van der Waals surface area contributed by atoms with Crippen molar-refractivity contribution in [2.75, 3.05) is 32.7 Å². The van der Waals surface area contributed by atoms with Gasteiger partial charge >= 0.3 is 11.9 Å². The number of nitrogens with one attached hydrogen (secondary N) is 10. The summed E-state index contributed by atoms with van der Waals surface area (Å²) in [7, 11) is 0. The smallest absolute Gasteiger partial charge is 0.326 e. The predicted octanol–water partition coefficient (Wildman–Crippen LogP) is -4.97. The van der Waals surface area contributed by atoms with Crippen molar-refractivity contribution in [3.8, 4) is 0 Å².